The van der Waals surface area contributed by atoms with E-state index in [0.29, 0.717) is 17.7 Å². The Kier molecular flexibility index (Phi) is 11.7. The number of pyridine rings is 1. The first kappa shape index (κ1) is 32.9. The highest BCUT2D eigenvalue weighted by molar-refractivity contribution is 8.00. The van der Waals surface area contributed by atoms with E-state index >= 15 is 0 Å². The molecule has 2 aliphatic heterocycles. The van der Waals surface area contributed by atoms with E-state index in [1.807, 2.05) is 0 Å². The number of amides is 2. The highest BCUT2D eigenvalue weighted by Gasteiger charge is 2.53. The number of nitrogens with one attached hydrogen (secondary N) is 1. The van der Waals surface area contributed by atoms with Crippen LogP contribution in [0.3, 0.4) is 0 Å². The molecule has 3 N–H and O–H groups in total. The van der Waals surface area contributed by atoms with Crippen LogP contribution >= 0.6 is 23.3 Å². The number of aliphatic carboxylic acids is 1. The number of hydrogen-bond acceptors (Lipinski definition) is 13. The second-order valence-corrected chi connectivity index (χ2v) is 12.0. The van der Waals surface area contributed by atoms with E-state index in [-0.39, 0.29) is 41.3 Å². The predicted octanol–water partition coefficient (Wildman–Crippen LogP) is 0.770. The van der Waals surface area contributed by atoms with E-state index in [1.165, 1.54) is 31.0 Å². The number of fused-ring (bicyclic) bond motifs is 1. The lowest BCUT2D eigenvalue weighted by Gasteiger charge is -2.50. The molecule has 44 heavy (non-hydrogen) atoms. The third-order valence-electron chi connectivity index (χ3n) is 6.91. The Morgan fingerprint density at radius 1 is 1.18 bits per heavy atom. The summed E-state index contributed by atoms with van der Waals surface area (Å²) in [6, 6.07) is 2.20. The van der Waals surface area contributed by atoms with Crippen LogP contribution < -0.4 is 20.7 Å². The summed E-state index contributed by atoms with van der Waals surface area (Å²) in [5.41, 5.74) is 5.97. The SMILES string of the molecule is CCCCCCCCOC(=O)c1cc[n+](CC2=C(C(=O)[O-])N3C(=O)C(NC(=O)/C(=N\OCC)c4nsc(N)n4)[C@H]3SC2)cc1. The number of carboxylic acid groups (broad SMARTS) is 1. The van der Waals surface area contributed by atoms with Crippen LogP contribution in [0, 0.1) is 0 Å². The Labute approximate surface area is 262 Å². The standard InChI is InChI=1S/C28H35N7O7S2/c1-3-5-6-7-8-9-14-41-27(40)17-10-12-34(13-11-17)15-18-16-43-25-20(24(37)35(25)21(18)26(38)39)30-23(36)19(32-42-4-2)22-31-28(29)44-33-22/h10-13,20,25H,3-9,14-16H2,1-2H3,(H3-,29,30,31,33,36,38,39)/b32-19-/t20?,25-/m1/s1. The quantitative estimate of drug-likeness (QED) is 0.0654. The molecule has 0 radical (unpaired) electrons. The molecule has 0 bridgehead atoms. The van der Waals surface area contributed by atoms with Crippen LogP contribution in [-0.2, 0) is 30.5 Å². The summed E-state index contributed by atoms with van der Waals surface area (Å²) in [5.74, 6) is -3.07. The molecule has 16 heteroatoms. The van der Waals surface area contributed by atoms with E-state index in [2.05, 4.69) is 26.8 Å². The van der Waals surface area contributed by atoms with Gasteiger partial charge in [0, 0.05) is 35.0 Å². The summed E-state index contributed by atoms with van der Waals surface area (Å²) in [4.78, 5) is 60.8. The van der Waals surface area contributed by atoms with Crippen LogP contribution in [0.2, 0.25) is 0 Å². The van der Waals surface area contributed by atoms with Crippen molar-refractivity contribution in [2.45, 2.75) is 70.3 Å². The van der Waals surface area contributed by atoms with Crippen molar-refractivity contribution in [3.05, 3.63) is 47.2 Å². The first-order valence-electron chi connectivity index (χ1n) is 14.4. The second-order valence-electron chi connectivity index (χ2n) is 10.1. The molecule has 0 spiro atoms. The zero-order valence-corrected chi connectivity index (χ0v) is 26.2. The van der Waals surface area contributed by atoms with Gasteiger partial charge in [-0.1, -0.05) is 44.2 Å². The van der Waals surface area contributed by atoms with Crippen LogP contribution in [0.25, 0.3) is 0 Å². The topological polar surface area (TPSA) is 193 Å². The van der Waals surface area contributed by atoms with Gasteiger partial charge >= 0.3 is 5.97 Å². The molecule has 2 aliphatic rings. The fourth-order valence-electron chi connectivity index (χ4n) is 4.70. The number of β-lactam (4-membered cyclic amide) rings is 1. The molecule has 2 atom stereocenters. The van der Waals surface area contributed by atoms with Crippen molar-refractivity contribution in [1.29, 1.82) is 0 Å². The maximum absolute atomic E-state index is 13.1. The average Bonchev–Trinajstić information content (AvgIpc) is 3.45. The number of nitrogens with two attached hydrogens (primary N) is 1. The van der Waals surface area contributed by atoms with Crippen molar-refractivity contribution in [3.63, 3.8) is 0 Å². The van der Waals surface area contributed by atoms with E-state index in [1.54, 1.807) is 36.0 Å². The van der Waals surface area contributed by atoms with Gasteiger partial charge < -0.3 is 30.5 Å². The molecule has 2 aromatic rings. The van der Waals surface area contributed by atoms with Crippen LogP contribution in [-0.4, -0.2) is 74.1 Å². The van der Waals surface area contributed by atoms with Gasteiger partial charge in [0.2, 0.25) is 11.5 Å². The number of rotatable bonds is 16. The van der Waals surface area contributed by atoms with Crippen LogP contribution in [0.1, 0.15) is 68.6 Å². The lowest BCUT2D eigenvalue weighted by molar-refractivity contribution is -0.689. The van der Waals surface area contributed by atoms with Crippen molar-refractivity contribution in [2.75, 3.05) is 24.7 Å². The number of ether oxygens (including phenoxy) is 1. The van der Waals surface area contributed by atoms with Crippen LogP contribution in [0.4, 0.5) is 5.13 Å². The minimum atomic E-state index is -1.50. The first-order chi connectivity index (χ1) is 21.2. The lowest BCUT2D eigenvalue weighted by atomic mass is 10.0. The molecule has 0 saturated carbocycles. The van der Waals surface area contributed by atoms with Crippen LogP contribution in [0.5, 0.6) is 0 Å². The molecule has 14 nitrogen and oxygen atoms in total. The first-order valence-corrected chi connectivity index (χ1v) is 16.2. The molecule has 1 unspecified atom stereocenters. The number of thioether (sulfide) groups is 1. The summed E-state index contributed by atoms with van der Waals surface area (Å²) in [6.07, 6.45) is 9.85. The fraction of sp³-hybridized carbons (Fsp3) is 0.500. The Balaban J connectivity index is 1.37. The van der Waals surface area contributed by atoms with Crippen molar-refractivity contribution in [3.8, 4) is 0 Å². The molecule has 0 aliphatic carbocycles. The minimum Gasteiger partial charge on any atom is -0.543 e. The van der Waals surface area contributed by atoms with Crippen molar-refractivity contribution < 1.29 is 38.4 Å². The predicted molar refractivity (Wildman–Crippen MR) is 160 cm³/mol. The summed E-state index contributed by atoms with van der Waals surface area (Å²) in [5, 5.41) is 18.0. The highest BCUT2D eigenvalue weighted by atomic mass is 32.2. The van der Waals surface area contributed by atoms with Gasteiger partial charge in [-0.3, -0.25) is 14.5 Å². The monoisotopic (exact) mass is 645 g/mol. The zero-order valence-electron chi connectivity index (χ0n) is 24.5. The van der Waals surface area contributed by atoms with Gasteiger partial charge in [-0.2, -0.15) is 9.36 Å². The summed E-state index contributed by atoms with van der Waals surface area (Å²) in [6.45, 7) is 4.54. The number of oxime groups is 1. The number of aromatic nitrogens is 3. The number of hydrogen-bond donors (Lipinski definition) is 2. The molecule has 1 saturated heterocycles. The van der Waals surface area contributed by atoms with Crippen LogP contribution in [0.15, 0.2) is 41.0 Å². The number of esters is 1. The van der Waals surface area contributed by atoms with E-state index in [0.717, 1.165) is 35.7 Å². The molecule has 4 heterocycles. The smallest absolute Gasteiger partial charge is 0.338 e. The lowest BCUT2D eigenvalue weighted by Crippen LogP contribution is -2.71. The maximum Gasteiger partial charge on any atom is 0.338 e. The number of carbonyl (C=O) groups is 4. The normalized spacial score (nSPS) is 18.0. The average molecular weight is 646 g/mol. The Morgan fingerprint density at radius 3 is 2.57 bits per heavy atom. The maximum atomic E-state index is 13.1. The number of carboxylic acids is 1. The molecular formula is C28H35N7O7S2. The Hall–Kier alpha value is -4.05. The largest absolute Gasteiger partial charge is 0.543 e. The zero-order chi connectivity index (χ0) is 31.6. The third-order valence-corrected chi connectivity index (χ3v) is 8.79. The third kappa shape index (κ3) is 7.91. The van der Waals surface area contributed by atoms with Gasteiger partial charge in [0.1, 0.15) is 18.0 Å². The van der Waals surface area contributed by atoms with Gasteiger partial charge in [0.15, 0.2) is 24.1 Å². The van der Waals surface area contributed by atoms with Crippen molar-refractivity contribution in [1.82, 2.24) is 19.6 Å². The fourth-order valence-corrected chi connectivity index (χ4v) is 6.47. The summed E-state index contributed by atoms with van der Waals surface area (Å²) in [7, 11) is 0. The van der Waals surface area contributed by atoms with Crippen molar-refractivity contribution >= 4 is 57.9 Å². The second kappa shape index (κ2) is 15.6. The molecule has 2 aromatic heterocycles. The number of unbranched alkanes of at least 4 members (excludes halogenated alkanes) is 5. The Morgan fingerprint density at radius 2 is 1.91 bits per heavy atom. The molecular weight excluding hydrogens is 610 g/mol. The molecule has 236 valence electrons. The van der Waals surface area contributed by atoms with Crippen molar-refractivity contribution in [2.24, 2.45) is 5.16 Å². The summed E-state index contributed by atoms with van der Waals surface area (Å²) >= 11 is 2.18. The van der Waals surface area contributed by atoms with E-state index in [9.17, 15) is 24.3 Å². The van der Waals surface area contributed by atoms with Gasteiger partial charge in [-0.25, -0.2) is 9.36 Å². The molecule has 1 fully saturated rings. The number of nitrogen functional groups attached to an aromatic ring is 1. The van der Waals surface area contributed by atoms with Gasteiger partial charge in [0.25, 0.3) is 11.8 Å². The number of nitrogens with zero attached hydrogens (tertiary/aromatic N) is 5. The summed E-state index contributed by atoms with van der Waals surface area (Å²) < 4.78 is 11.1. The molecule has 0 aromatic carbocycles. The van der Waals surface area contributed by atoms with E-state index < -0.39 is 35.2 Å². The Bertz CT molecular complexity index is 1430. The van der Waals surface area contributed by atoms with E-state index in [4.69, 9.17) is 15.3 Å². The highest BCUT2D eigenvalue weighted by Crippen LogP contribution is 2.40. The molecule has 4 rings (SSSR count). The minimum absolute atomic E-state index is 0.0508. The molecule has 2 amide bonds. The van der Waals surface area contributed by atoms with Gasteiger partial charge in [-0.05, 0) is 13.3 Å². The number of carbonyl (C=O) groups excluding carboxylic acids is 4. The van der Waals surface area contributed by atoms with Gasteiger partial charge in [0.05, 0.1) is 23.8 Å². The number of anilines is 1. The van der Waals surface area contributed by atoms with Gasteiger partial charge in [-0.15, -0.1) is 11.8 Å².